The lowest BCUT2D eigenvalue weighted by Crippen LogP contribution is -2.60. The van der Waals surface area contributed by atoms with Gasteiger partial charge in [-0.15, -0.1) is 0 Å². The van der Waals surface area contributed by atoms with E-state index in [1.165, 1.54) is 11.3 Å². The number of anilines is 1. The van der Waals surface area contributed by atoms with Crippen LogP contribution in [0.25, 0.3) is 0 Å². The first-order valence-corrected chi connectivity index (χ1v) is 8.01. The molecule has 0 aliphatic carbocycles. The number of methoxy groups -OCH3 is 1. The molecule has 0 aromatic heterocycles. The molecule has 1 saturated heterocycles. The molecular weight excluding hydrogens is 260 g/mol. The summed E-state index contributed by atoms with van der Waals surface area (Å²) in [7, 11) is 1.73. The Balaban J connectivity index is 2.29. The molecule has 21 heavy (non-hydrogen) atoms. The molecule has 2 rings (SSSR count). The summed E-state index contributed by atoms with van der Waals surface area (Å²) in [4.78, 5) is 2.58. The van der Waals surface area contributed by atoms with Crippen molar-refractivity contribution in [2.45, 2.75) is 53.1 Å². The van der Waals surface area contributed by atoms with Crippen LogP contribution >= 0.6 is 0 Å². The molecular formula is C18H30N2O. The maximum atomic E-state index is 5.34. The van der Waals surface area contributed by atoms with E-state index in [2.05, 4.69) is 63.0 Å². The molecule has 0 amide bonds. The summed E-state index contributed by atoms with van der Waals surface area (Å²) in [6.45, 7) is 13.5. The molecule has 0 spiro atoms. The Bertz CT molecular complexity index is 479. The third-order valence-electron chi connectivity index (χ3n) is 4.65. The van der Waals surface area contributed by atoms with Crippen LogP contribution in [0, 0.1) is 12.3 Å². The van der Waals surface area contributed by atoms with E-state index in [0.717, 1.165) is 25.3 Å². The number of benzene rings is 1. The zero-order valence-electron chi connectivity index (χ0n) is 14.4. The van der Waals surface area contributed by atoms with Gasteiger partial charge in [-0.25, -0.2) is 0 Å². The van der Waals surface area contributed by atoms with Gasteiger partial charge in [0.1, 0.15) is 5.75 Å². The lowest BCUT2D eigenvalue weighted by Gasteiger charge is -2.46. The summed E-state index contributed by atoms with van der Waals surface area (Å²) in [6.07, 6.45) is 1.16. The maximum Gasteiger partial charge on any atom is 0.119 e. The predicted molar refractivity (Wildman–Crippen MR) is 90.4 cm³/mol. The molecule has 0 bridgehead atoms. The van der Waals surface area contributed by atoms with Crippen LogP contribution in [0.1, 0.15) is 39.7 Å². The lowest BCUT2D eigenvalue weighted by atomic mass is 9.84. The van der Waals surface area contributed by atoms with Crippen molar-refractivity contribution in [3.05, 3.63) is 23.8 Å². The van der Waals surface area contributed by atoms with Crippen LogP contribution in [0.5, 0.6) is 5.75 Å². The summed E-state index contributed by atoms with van der Waals surface area (Å²) < 4.78 is 5.34. The number of rotatable bonds is 3. The summed E-state index contributed by atoms with van der Waals surface area (Å²) in [5.41, 5.74) is 2.91. The summed E-state index contributed by atoms with van der Waals surface area (Å²) >= 11 is 0. The molecule has 0 saturated carbocycles. The minimum absolute atomic E-state index is 0.275. The van der Waals surface area contributed by atoms with Gasteiger partial charge in [0.25, 0.3) is 0 Å². The van der Waals surface area contributed by atoms with Crippen molar-refractivity contribution in [1.82, 2.24) is 5.32 Å². The zero-order chi connectivity index (χ0) is 15.6. The molecule has 1 heterocycles. The number of nitrogens with zero attached hydrogens (tertiary/aromatic N) is 1. The average Bonchev–Trinajstić information content (AvgIpc) is 2.45. The molecule has 1 N–H and O–H groups in total. The van der Waals surface area contributed by atoms with Gasteiger partial charge in [-0.05, 0) is 42.5 Å². The van der Waals surface area contributed by atoms with Gasteiger partial charge in [0.05, 0.1) is 7.11 Å². The van der Waals surface area contributed by atoms with Crippen LogP contribution in [0.4, 0.5) is 5.69 Å². The number of hydrogen-bond donors (Lipinski definition) is 1. The molecule has 2 atom stereocenters. The lowest BCUT2D eigenvalue weighted by molar-refractivity contribution is 0.233. The van der Waals surface area contributed by atoms with Gasteiger partial charge >= 0.3 is 0 Å². The Morgan fingerprint density at radius 3 is 2.57 bits per heavy atom. The number of aryl methyl sites for hydroxylation is 1. The highest BCUT2D eigenvalue weighted by atomic mass is 16.5. The minimum atomic E-state index is 0.275. The quantitative estimate of drug-likeness (QED) is 0.920. The van der Waals surface area contributed by atoms with Gasteiger partial charge in [-0.2, -0.15) is 0 Å². The van der Waals surface area contributed by atoms with Crippen molar-refractivity contribution in [3.63, 3.8) is 0 Å². The SMILES string of the molecule is CCC1CNC(C(C)(C)C)CN1c1ccc(OC)cc1C. The Hall–Kier alpha value is -1.22. The third kappa shape index (κ3) is 3.52. The van der Waals surface area contributed by atoms with Crippen LogP contribution in [0.3, 0.4) is 0 Å². The molecule has 3 nitrogen and oxygen atoms in total. The summed E-state index contributed by atoms with van der Waals surface area (Å²) in [6, 6.07) is 7.50. The average molecular weight is 290 g/mol. The van der Waals surface area contributed by atoms with Crippen molar-refractivity contribution in [2.75, 3.05) is 25.1 Å². The van der Waals surface area contributed by atoms with Crippen LogP contribution < -0.4 is 15.0 Å². The molecule has 2 unspecified atom stereocenters. The standard InChI is InChI=1S/C18H30N2O/c1-7-14-11-19-17(18(3,4)5)12-20(14)16-9-8-15(21-6)10-13(16)2/h8-10,14,17,19H,7,11-12H2,1-6H3. The highest BCUT2D eigenvalue weighted by Crippen LogP contribution is 2.31. The minimum Gasteiger partial charge on any atom is -0.497 e. The molecule has 1 aliphatic rings. The first-order valence-electron chi connectivity index (χ1n) is 8.01. The topological polar surface area (TPSA) is 24.5 Å². The fraction of sp³-hybridized carbons (Fsp3) is 0.667. The first-order chi connectivity index (χ1) is 9.86. The van der Waals surface area contributed by atoms with Crippen molar-refractivity contribution >= 4 is 5.69 Å². The van der Waals surface area contributed by atoms with Crippen molar-refractivity contribution < 1.29 is 4.74 Å². The molecule has 118 valence electrons. The predicted octanol–water partition coefficient (Wildman–Crippen LogP) is 3.61. The van der Waals surface area contributed by atoms with Crippen LogP contribution in [-0.4, -0.2) is 32.3 Å². The van der Waals surface area contributed by atoms with Gasteiger partial charge in [0, 0.05) is 30.9 Å². The summed E-state index contributed by atoms with van der Waals surface area (Å²) in [5, 5.41) is 3.74. The van der Waals surface area contributed by atoms with Crippen molar-refractivity contribution in [2.24, 2.45) is 5.41 Å². The fourth-order valence-electron chi connectivity index (χ4n) is 3.12. The van der Waals surface area contributed by atoms with Crippen molar-refractivity contribution in [1.29, 1.82) is 0 Å². The highest BCUT2D eigenvalue weighted by Gasteiger charge is 2.33. The van der Waals surface area contributed by atoms with E-state index < -0.39 is 0 Å². The zero-order valence-corrected chi connectivity index (χ0v) is 14.4. The van der Waals surface area contributed by atoms with Gasteiger partial charge in [0.15, 0.2) is 0 Å². The second-order valence-corrected chi connectivity index (χ2v) is 7.19. The first kappa shape index (κ1) is 16.2. The Labute approximate surface area is 129 Å². The van der Waals surface area contributed by atoms with Gasteiger partial charge in [-0.3, -0.25) is 0 Å². The van der Waals surface area contributed by atoms with Gasteiger partial charge < -0.3 is 15.0 Å². The molecule has 3 heteroatoms. The van der Waals surface area contributed by atoms with Crippen molar-refractivity contribution in [3.8, 4) is 5.75 Å². The van der Waals surface area contributed by atoms with E-state index in [1.807, 2.05) is 0 Å². The van der Waals surface area contributed by atoms with E-state index in [4.69, 9.17) is 4.74 Å². The van der Waals surface area contributed by atoms with Crippen LogP contribution in [-0.2, 0) is 0 Å². The van der Waals surface area contributed by atoms with E-state index >= 15 is 0 Å². The Morgan fingerprint density at radius 1 is 1.33 bits per heavy atom. The molecule has 1 fully saturated rings. The fourth-order valence-corrected chi connectivity index (χ4v) is 3.12. The van der Waals surface area contributed by atoms with E-state index in [1.54, 1.807) is 7.11 Å². The second-order valence-electron chi connectivity index (χ2n) is 7.19. The number of nitrogens with one attached hydrogen (secondary N) is 1. The normalized spacial score (nSPS) is 23.2. The van der Waals surface area contributed by atoms with E-state index in [9.17, 15) is 0 Å². The largest absolute Gasteiger partial charge is 0.497 e. The van der Waals surface area contributed by atoms with Gasteiger partial charge in [-0.1, -0.05) is 27.7 Å². The third-order valence-corrected chi connectivity index (χ3v) is 4.65. The van der Waals surface area contributed by atoms with Crippen LogP contribution in [0.15, 0.2) is 18.2 Å². The molecule has 1 aromatic rings. The van der Waals surface area contributed by atoms with E-state index in [-0.39, 0.29) is 5.41 Å². The number of ether oxygens (including phenoxy) is 1. The maximum absolute atomic E-state index is 5.34. The van der Waals surface area contributed by atoms with E-state index in [0.29, 0.717) is 12.1 Å². The number of piperazine rings is 1. The molecule has 0 radical (unpaired) electrons. The molecule has 1 aromatic carbocycles. The Morgan fingerprint density at radius 2 is 2.05 bits per heavy atom. The molecule has 1 aliphatic heterocycles. The monoisotopic (exact) mass is 290 g/mol. The second kappa shape index (κ2) is 6.27. The number of hydrogen-bond acceptors (Lipinski definition) is 3. The highest BCUT2D eigenvalue weighted by molar-refractivity contribution is 5.57. The van der Waals surface area contributed by atoms with Crippen LogP contribution in [0.2, 0.25) is 0 Å². The summed E-state index contributed by atoms with van der Waals surface area (Å²) in [5.74, 6) is 0.937. The van der Waals surface area contributed by atoms with Gasteiger partial charge in [0.2, 0.25) is 0 Å². The Kier molecular flexibility index (Phi) is 4.82. The smallest absolute Gasteiger partial charge is 0.119 e.